The van der Waals surface area contributed by atoms with Crippen LogP contribution in [0.4, 0.5) is 16.5 Å². The van der Waals surface area contributed by atoms with Crippen LogP contribution < -0.4 is 10.6 Å². The summed E-state index contributed by atoms with van der Waals surface area (Å²) < 4.78 is 0. The first kappa shape index (κ1) is 18.4. The summed E-state index contributed by atoms with van der Waals surface area (Å²) in [6.45, 7) is 4.22. The summed E-state index contributed by atoms with van der Waals surface area (Å²) in [6.07, 6.45) is 0.236. The monoisotopic (exact) mass is 385 g/mol. The van der Waals surface area contributed by atoms with Gasteiger partial charge in [0.05, 0.1) is 12.1 Å². The number of aromatic nitrogens is 1. The van der Waals surface area contributed by atoms with E-state index in [9.17, 15) is 4.79 Å². The van der Waals surface area contributed by atoms with E-state index in [0.717, 1.165) is 27.8 Å². The Kier molecular flexibility index (Phi) is 5.91. The molecular formula is C20H20ClN3OS. The van der Waals surface area contributed by atoms with E-state index in [-0.39, 0.29) is 12.3 Å². The molecule has 6 heteroatoms. The number of amides is 1. The van der Waals surface area contributed by atoms with E-state index in [4.69, 9.17) is 11.6 Å². The Morgan fingerprint density at radius 3 is 2.77 bits per heavy atom. The van der Waals surface area contributed by atoms with E-state index in [2.05, 4.69) is 29.5 Å². The van der Waals surface area contributed by atoms with E-state index in [0.29, 0.717) is 10.9 Å². The van der Waals surface area contributed by atoms with Crippen LogP contribution in [0.25, 0.3) is 0 Å². The molecule has 1 aromatic heterocycles. The van der Waals surface area contributed by atoms with Crippen LogP contribution in [-0.4, -0.2) is 10.9 Å². The van der Waals surface area contributed by atoms with Gasteiger partial charge in [-0.15, -0.1) is 11.3 Å². The lowest BCUT2D eigenvalue weighted by Gasteiger charge is -2.13. The Morgan fingerprint density at radius 2 is 2.00 bits per heavy atom. The van der Waals surface area contributed by atoms with Gasteiger partial charge < -0.3 is 10.6 Å². The number of halogens is 1. The minimum absolute atomic E-state index is 0.0716. The molecule has 0 aliphatic carbocycles. The van der Waals surface area contributed by atoms with Crippen molar-refractivity contribution in [3.05, 3.63) is 70.2 Å². The highest BCUT2D eigenvalue weighted by molar-refractivity contribution is 7.13. The van der Waals surface area contributed by atoms with Crippen LogP contribution >= 0.6 is 22.9 Å². The molecule has 0 aliphatic rings. The maximum Gasteiger partial charge on any atom is 0.230 e. The molecule has 1 amide bonds. The summed E-state index contributed by atoms with van der Waals surface area (Å²) in [5, 5.41) is 9.48. The summed E-state index contributed by atoms with van der Waals surface area (Å²) in [4.78, 5) is 16.9. The van der Waals surface area contributed by atoms with Crippen molar-refractivity contribution in [3.63, 3.8) is 0 Å². The molecule has 0 radical (unpaired) electrons. The van der Waals surface area contributed by atoms with E-state index < -0.39 is 0 Å². The Balaban J connectivity index is 1.63. The quantitative estimate of drug-likeness (QED) is 0.560. The third-order valence-electron chi connectivity index (χ3n) is 3.83. The molecule has 0 saturated heterocycles. The molecule has 0 unspecified atom stereocenters. The molecule has 3 aromatic rings. The number of nitrogens with one attached hydrogen (secondary N) is 2. The third-order valence-corrected chi connectivity index (χ3v) is 4.87. The van der Waals surface area contributed by atoms with Crippen LogP contribution in [-0.2, 0) is 11.2 Å². The molecule has 0 spiro atoms. The maximum atomic E-state index is 12.4. The predicted octanol–water partition coefficient (Wildman–Crippen LogP) is 5.84. The van der Waals surface area contributed by atoms with Gasteiger partial charge in [-0.3, -0.25) is 4.79 Å². The summed E-state index contributed by atoms with van der Waals surface area (Å²) >= 11 is 7.45. The van der Waals surface area contributed by atoms with Crippen molar-refractivity contribution in [3.8, 4) is 0 Å². The summed E-state index contributed by atoms with van der Waals surface area (Å²) in [6, 6.07) is 15.3. The highest BCUT2D eigenvalue weighted by atomic mass is 35.5. The first-order chi connectivity index (χ1) is 12.5. The lowest BCUT2D eigenvalue weighted by Crippen LogP contribution is -2.16. The fourth-order valence-corrected chi connectivity index (χ4v) is 3.53. The normalized spacial score (nSPS) is 10.8. The zero-order valence-corrected chi connectivity index (χ0v) is 16.2. The number of carbonyl (C=O) groups is 1. The Morgan fingerprint density at radius 1 is 1.19 bits per heavy atom. The number of rotatable bonds is 6. The molecule has 1 heterocycles. The van der Waals surface area contributed by atoms with Crippen molar-refractivity contribution in [2.45, 2.75) is 26.2 Å². The fraction of sp³-hybridized carbons (Fsp3) is 0.200. The number of nitrogens with zero attached hydrogens (tertiary/aromatic N) is 1. The SMILES string of the molecule is CC(C)c1ccccc1NC(=O)Cc1csc(Nc2cccc(Cl)c2)n1. The number of para-hydroxylation sites is 1. The molecule has 2 N–H and O–H groups in total. The van der Waals surface area contributed by atoms with Crippen LogP contribution in [0.5, 0.6) is 0 Å². The van der Waals surface area contributed by atoms with E-state index in [1.165, 1.54) is 11.3 Å². The third kappa shape index (κ3) is 4.84. The van der Waals surface area contributed by atoms with E-state index >= 15 is 0 Å². The second-order valence-electron chi connectivity index (χ2n) is 6.25. The van der Waals surface area contributed by atoms with Gasteiger partial charge in [-0.05, 0) is 35.7 Å². The van der Waals surface area contributed by atoms with Crippen molar-refractivity contribution >= 4 is 45.4 Å². The summed E-state index contributed by atoms with van der Waals surface area (Å²) in [5.74, 6) is 0.275. The molecule has 26 heavy (non-hydrogen) atoms. The van der Waals surface area contributed by atoms with Crippen LogP contribution in [0.3, 0.4) is 0 Å². The highest BCUT2D eigenvalue weighted by Gasteiger charge is 2.12. The molecule has 0 aliphatic heterocycles. The lowest BCUT2D eigenvalue weighted by molar-refractivity contribution is -0.115. The minimum Gasteiger partial charge on any atom is -0.331 e. The van der Waals surface area contributed by atoms with Gasteiger partial charge in [0, 0.05) is 21.8 Å². The molecule has 0 fully saturated rings. The highest BCUT2D eigenvalue weighted by Crippen LogP contribution is 2.25. The topological polar surface area (TPSA) is 54.0 Å². The molecule has 2 aromatic carbocycles. The molecule has 0 atom stereocenters. The average molecular weight is 386 g/mol. The van der Waals surface area contributed by atoms with Gasteiger partial charge in [-0.25, -0.2) is 4.98 Å². The van der Waals surface area contributed by atoms with Crippen molar-refractivity contribution in [2.24, 2.45) is 0 Å². The molecule has 134 valence electrons. The standard InChI is InChI=1S/C20H20ClN3OS/c1-13(2)17-8-3-4-9-18(17)24-19(25)11-16-12-26-20(23-16)22-15-7-5-6-14(21)10-15/h3-10,12-13H,11H2,1-2H3,(H,22,23)(H,24,25). The van der Waals surface area contributed by atoms with E-state index in [1.807, 2.05) is 53.9 Å². The second-order valence-corrected chi connectivity index (χ2v) is 7.54. The van der Waals surface area contributed by atoms with Crippen molar-refractivity contribution in [1.29, 1.82) is 0 Å². The van der Waals surface area contributed by atoms with Crippen molar-refractivity contribution in [1.82, 2.24) is 4.98 Å². The van der Waals surface area contributed by atoms with Gasteiger partial charge in [0.25, 0.3) is 0 Å². The van der Waals surface area contributed by atoms with E-state index in [1.54, 1.807) is 0 Å². The summed E-state index contributed by atoms with van der Waals surface area (Å²) in [5.41, 5.74) is 3.59. The average Bonchev–Trinajstić information content (AvgIpc) is 3.01. The Labute approximate surface area is 162 Å². The fourth-order valence-electron chi connectivity index (χ4n) is 2.61. The smallest absolute Gasteiger partial charge is 0.230 e. The van der Waals surface area contributed by atoms with Crippen molar-refractivity contribution in [2.75, 3.05) is 10.6 Å². The molecular weight excluding hydrogens is 366 g/mol. The zero-order valence-electron chi connectivity index (χ0n) is 14.6. The van der Waals surface area contributed by atoms with Gasteiger partial charge in [0.15, 0.2) is 5.13 Å². The Hall–Kier alpha value is -2.37. The lowest BCUT2D eigenvalue weighted by atomic mass is 10.0. The van der Waals surface area contributed by atoms with Gasteiger partial charge in [-0.1, -0.05) is 49.7 Å². The second kappa shape index (κ2) is 8.34. The summed E-state index contributed by atoms with van der Waals surface area (Å²) in [7, 11) is 0. The van der Waals surface area contributed by atoms with Crippen molar-refractivity contribution < 1.29 is 4.79 Å². The molecule has 3 rings (SSSR count). The Bertz CT molecular complexity index is 907. The van der Waals surface area contributed by atoms with Crippen LogP contribution in [0.1, 0.15) is 31.0 Å². The number of carbonyl (C=O) groups excluding carboxylic acids is 1. The minimum atomic E-state index is -0.0716. The van der Waals surface area contributed by atoms with Gasteiger partial charge in [-0.2, -0.15) is 0 Å². The van der Waals surface area contributed by atoms with Crippen LogP contribution in [0, 0.1) is 0 Å². The first-order valence-electron chi connectivity index (χ1n) is 8.37. The first-order valence-corrected chi connectivity index (χ1v) is 9.63. The predicted molar refractivity (Wildman–Crippen MR) is 110 cm³/mol. The van der Waals surface area contributed by atoms with Crippen LogP contribution in [0.15, 0.2) is 53.9 Å². The maximum absolute atomic E-state index is 12.4. The molecule has 0 bridgehead atoms. The number of thiazole rings is 1. The largest absolute Gasteiger partial charge is 0.331 e. The number of hydrogen-bond acceptors (Lipinski definition) is 4. The van der Waals surface area contributed by atoms with Gasteiger partial charge >= 0.3 is 0 Å². The van der Waals surface area contributed by atoms with Gasteiger partial charge in [0.2, 0.25) is 5.91 Å². The number of hydrogen-bond donors (Lipinski definition) is 2. The van der Waals surface area contributed by atoms with Gasteiger partial charge in [0.1, 0.15) is 0 Å². The zero-order chi connectivity index (χ0) is 18.5. The van der Waals surface area contributed by atoms with Crippen LogP contribution in [0.2, 0.25) is 5.02 Å². The molecule has 4 nitrogen and oxygen atoms in total. The number of benzene rings is 2. The number of anilines is 3. The molecule has 0 saturated carbocycles.